The van der Waals surface area contributed by atoms with Crippen LogP contribution < -0.4 is 14.9 Å². The van der Waals surface area contributed by atoms with Crippen molar-refractivity contribution in [2.24, 2.45) is 5.10 Å². The molecule has 0 unspecified atom stereocenters. The zero-order valence-electron chi connectivity index (χ0n) is 12.2. The average Bonchev–Trinajstić information content (AvgIpc) is 2.50. The minimum absolute atomic E-state index is 0.0167. The quantitative estimate of drug-likeness (QED) is 0.443. The Balaban J connectivity index is 2.18. The molecule has 0 heterocycles. The van der Waals surface area contributed by atoms with Crippen molar-refractivity contribution in [2.45, 2.75) is 13.2 Å². The molecule has 0 aromatic heterocycles. The van der Waals surface area contributed by atoms with Gasteiger partial charge in [0.15, 0.2) is 5.82 Å². The van der Waals surface area contributed by atoms with E-state index in [-0.39, 0.29) is 17.0 Å². The molecular formula is C15H10F6N2O2. The predicted molar refractivity (Wildman–Crippen MR) is 77.3 cm³/mol. The van der Waals surface area contributed by atoms with Crippen molar-refractivity contribution in [3.8, 4) is 11.5 Å². The van der Waals surface area contributed by atoms with Crippen LogP contribution in [0.3, 0.4) is 0 Å². The summed E-state index contributed by atoms with van der Waals surface area (Å²) in [6.45, 7) is -6.35. The highest BCUT2D eigenvalue weighted by Gasteiger charge is 2.12. The van der Waals surface area contributed by atoms with E-state index in [4.69, 9.17) is 0 Å². The Bertz CT molecular complexity index is 755. The van der Waals surface area contributed by atoms with E-state index >= 15 is 0 Å². The van der Waals surface area contributed by atoms with E-state index in [0.29, 0.717) is 6.07 Å². The number of alkyl halides is 4. The SMILES string of the molecule is Fc1ccc(N/N=C\c2ccc(OC(F)F)cc2OC(F)F)c(F)c1. The second-order valence-corrected chi connectivity index (χ2v) is 4.45. The molecule has 4 nitrogen and oxygen atoms in total. The highest BCUT2D eigenvalue weighted by molar-refractivity contribution is 5.84. The Morgan fingerprint density at radius 3 is 2.28 bits per heavy atom. The molecule has 0 aliphatic rings. The van der Waals surface area contributed by atoms with Gasteiger partial charge in [0.05, 0.1) is 11.9 Å². The zero-order chi connectivity index (χ0) is 18.4. The molecule has 0 aliphatic carbocycles. The van der Waals surface area contributed by atoms with Gasteiger partial charge < -0.3 is 9.47 Å². The normalized spacial score (nSPS) is 11.4. The van der Waals surface area contributed by atoms with Gasteiger partial charge in [0, 0.05) is 17.7 Å². The molecule has 0 saturated heterocycles. The average molecular weight is 364 g/mol. The predicted octanol–water partition coefficient (Wildman–Crippen LogP) is 4.61. The largest absolute Gasteiger partial charge is 0.435 e. The van der Waals surface area contributed by atoms with Crippen molar-refractivity contribution in [1.82, 2.24) is 0 Å². The van der Waals surface area contributed by atoms with Gasteiger partial charge in [0.1, 0.15) is 17.3 Å². The lowest BCUT2D eigenvalue weighted by Gasteiger charge is -2.11. The number of halogens is 6. The van der Waals surface area contributed by atoms with Gasteiger partial charge in [-0.1, -0.05) is 0 Å². The van der Waals surface area contributed by atoms with E-state index in [1.54, 1.807) is 0 Å². The molecule has 1 N–H and O–H groups in total. The molecule has 0 saturated carbocycles. The summed E-state index contributed by atoms with van der Waals surface area (Å²) in [5.74, 6) is -2.56. The first-order chi connectivity index (χ1) is 11.8. The molecule has 0 spiro atoms. The van der Waals surface area contributed by atoms with Crippen molar-refractivity contribution < 1.29 is 35.8 Å². The number of ether oxygens (including phenoxy) is 2. The summed E-state index contributed by atoms with van der Waals surface area (Å²) in [6.07, 6.45) is 0.993. The first-order valence-electron chi connectivity index (χ1n) is 6.63. The molecule has 0 radical (unpaired) electrons. The molecule has 2 rings (SSSR count). The summed E-state index contributed by atoms with van der Waals surface area (Å²) in [6, 6.07) is 5.75. The number of benzene rings is 2. The molecule has 0 aliphatic heterocycles. The Kier molecular flexibility index (Phi) is 6.09. The zero-order valence-corrected chi connectivity index (χ0v) is 12.2. The third-order valence-corrected chi connectivity index (χ3v) is 2.75. The van der Waals surface area contributed by atoms with E-state index in [1.807, 2.05) is 0 Å². The lowest BCUT2D eigenvalue weighted by molar-refractivity contribution is -0.0543. The van der Waals surface area contributed by atoms with E-state index in [1.165, 1.54) is 0 Å². The van der Waals surface area contributed by atoms with Crippen molar-refractivity contribution in [3.05, 3.63) is 53.6 Å². The highest BCUT2D eigenvalue weighted by atomic mass is 19.3. The lowest BCUT2D eigenvalue weighted by Crippen LogP contribution is -2.07. The highest BCUT2D eigenvalue weighted by Crippen LogP contribution is 2.26. The topological polar surface area (TPSA) is 42.9 Å². The molecule has 134 valence electrons. The molecular weight excluding hydrogens is 354 g/mol. The van der Waals surface area contributed by atoms with Crippen LogP contribution in [0.1, 0.15) is 5.56 Å². The Labute approximate surface area is 137 Å². The van der Waals surface area contributed by atoms with Gasteiger partial charge >= 0.3 is 13.2 Å². The summed E-state index contributed by atoms with van der Waals surface area (Å²) >= 11 is 0. The number of hydrogen-bond acceptors (Lipinski definition) is 4. The number of hydrazone groups is 1. The number of rotatable bonds is 7. The van der Waals surface area contributed by atoms with Gasteiger partial charge in [-0.2, -0.15) is 22.7 Å². The summed E-state index contributed by atoms with van der Waals surface area (Å²) in [5, 5.41) is 3.61. The number of hydrogen-bond donors (Lipinski definition) is 1. The van der Waals surface area contributed by atoms with Crippen LogP contribution in [0.15, 0.2) is 41.5 Å². The van der Waals surface area contributed by atoms with Gasteiger partial charge in [-0.25, -0.2) is 8.78 Å². The summed E-state index contributed by atoms with van der Waals surface area (Å²) in [4.78, 5) is 0. The smallest absolute Gasteiger partial charge is 0.387 e. The van der Waals surface area contributed by atoms with Crippen molar-refractivity contribution in [2.75, 3.05) is 5.43 Å². The second-order valence-electron chi connectivity index (χ2n) is 4.45. The van der Waals surface area contributed by atoms with Crippen LogP contribution in [-0.2, 0) is 0 Å². The summed E-state index contributed by atoms with van der Waals surface area (Å²) < 4.78 is 83.6. The van der Waals surface area contributed by atoms with Crippen molar-refractivity contribution >= 4 is 11.9 Å². The number of anilines is 1. The van der Waals surface area contributed by atoms with E-state index in [2.05, 4.69) is 20.0 Å². The minimum Gasteiger partial charge on any atom is -0.435 e. The second kappa shape index (κ2) is 8.27. The maximum absolute atomic E-state index is 13.4. The molecule has 2 aromatic carbocycles. The Hall–Kier alpha value is -2.91. The maximum atomic E-state index is 13.4. The van der Waals surface area contributed by atoms with Gasteiger partial charge in [-0.15, -0.1) is 0 Å². The van der Waals surface area contributed by atoms with Crippen LogP contribution in [0.5, 0.6) is 11.5 Å². The van der Waals surface area contributed by atoms with Crippen molar-refractivity contribution in [3.63, 3.8) is 0 Å². The molecule has 2 aromatic rings. The minimum atomic E-state index is -3.21. The monoisotopic (exact) mass is 364 g/mol. The van der Waals surface area contributed by atoms with Crippen molar-refractivity contribution in [1.29, 1.82) is 0 Å². The van der Waals surface area contributed by atoms with Crippen LogP contribution >= 0.6 is 0 Å². The number of nitrogens with zero attached hydrogens (tertiary/aromatic N) is 1. The first-order valence-corrected chi connectivity index (χ1v) is 6.63. The Morgan fingerprint density at radius 2 is 1.64 bits per heavy atom. The summed E-state index contributed by atoms with van der Waals surface area (Å²) in [5.41, 5.74) is 2.07. The van der Waals surface area contributed by atoms with Crippen LogP contribution in [0.2, 0.25) is 0 Å². The fraction of sp³-hybridized carbons (Fsp3) is 0.133. The van der Waals surface area contributed by atoms with Crippen LogP contribution in [0, 0.1) is 11.6 Å². The van der Waals surface area contributed by atoms with Gasteiger partial charge in [0.25, 0.3) is 0 Å². The molecule has 0 atom stereocenters. The fourth-order valence-corrected chi connectivity index (χ4v) is 1.75. The fourth-order valence-electron chi connectivity index (χ4n) is 1.75. The third-order valence-electron chi connectivity index (χ3n) is 2.75. The molecule has 0 fully saturated rings. The number of nitrogens with one attached hydrogen (secondary N) is 1. The van der Waals surface area contributed by atoms with Gasteiger partial charge in [0.2, 0.25) is 0 Å². The molecule has 25 heavy (non-hydrogen) atoms. The van der Waals surface area contributed by atoms with Crippen LogP contribution in [0.4, 0.5) is 32.0 Å². The maximum Gasteiger partial charge on any atom is 0.387 e. The molecule has 10 heteroatoms. The van der Waals surface area contributed by atoms with Crippen LogP contribution in [0.25, 0.3) is 0 Å². The summed E-state index contributed by atoms with van der Waals surface area (Å²) in [7, 11) is 0. The Morgan fingerprint density at radius 1 is 0.920 bits per heavy atom. The molecule has 0 bridgehead atoms. The van der Waals surface area contributed by atoms with Crippen LogP contribution in [-0.4, -0.2) is 19.4 Å². The third kappa shape index (κ3) is 5.59. The molecule has 0 amide bonds. The first kappa shape index (κ1) is 18.4. The van der Waals surface area contributed by atoms with E-state index in [0.717, 1.165) is 36.5 Å². The van der Waals surface area contributed by atoms with Gasteiger partial charge in [-0.05, 0) is 24.3 Å². The lowest BCUT2D eigenvalue weighted by atomic mass is 10.2. The van der Waals surface area contributed by atoms with Gasteiger partial charge in [-0.3, -0.25) is 5.43 Å². The van der Waals surface area contributed by atoms with E-state index in [9.17, 15) is 26.3 Å². The van der Waals surface area contributed by atoms with E-state index < -0.39 is 30.6 Å². The standard InChI is InChI=1S/C15H10F6N2O2/c16-9-2-4-12(11(17)5-9)23-22-7-8-1-3-10(24-14(18)19)6-13(8)25-15(20)21/h1-7,14-15,23H/b22-7-.